The highest BCUT2D eigenvalue weighted by Gasteiger charge is 2.44. The Kier molecular flexibility index (Phi) is 4.00. The lowest BCUT2D eigenvalue weighted by Gasteiger charge is -2.39. The zero-order chi connectivity index (χ0) is 16.7. The number of nitrogens with zero attached hydrogens (tertiary/aromatic N) is 3. The van der Waals surface area contributed by atoms with Gasteiger partial charge < -0.3 is 14.5 Å². The van der Waals surface area contributed by atoms with E-state index in [1.54, 1.807) is 24.3 Å². The summed E-state index contributed by atoms with van der Waals surface area (Å²) >= 11 is 0. The molecule has 3 heterocycles. The Morgan fingerprint density at radius 3 is 2.83 bits per heavy atom. The lowest BCUT2D eigenvalue weighted by molar-refractivity contribution is -0.167. The maximum atomic E-state index is 13.1. The number of pyridine rings is 1. The predicted molar refractivity (Wildman–Crippen MR) is 86.9 cm³/mol. The Balaban J connectivity index is 1.55. The van der Waals surface area contributed by atoms with Crippen molar-refractivity contribution < 1.29 is 14.3 Å². The first-order valence-corrected chi connectivity index (χ1v) is 8.71. The van der Waals surface area contributed by atoms with Crippen LogP contribution in [0, 0.1) is 11.8 Å². The highest BCUT2D eigenvalue weighted by molar-refractivity contribution is 5.86. The highest BCUT2D eigenvalue weighted by atomic mass is 16.5. The first-order chi connectivity index (χ1) is 11.6. The quantitative estimate of drug-likeness (QED) is 0.837. The number of hydrogen-bond donors (Lipinski definition) is 0. The van der Waals surface area contributed by atoms with E-state index in [2.05, 4.69) is 4.98 Å². The minimum absolute atomic E-state index is 0.00588. The maximum absolute atomic E-state index is 13.1. The van der Waals surface area contributed by atoms with Gasteiger partial charge in [0.1, 0.15) is 6.61 Å². The summed E-state index contributed by atoms with van der Waals surface area (Å²) in [6.45, 7) is 1.60. The van der Waals surface area contributed by atoms with Crippen molar-refractivity contribution in [2.45, 2.75) is 31.4 Å². The molecule has 3 fully saturated rings. The number of aromatic nitrogens is 1. The Morgan fingerprint density at radius 1 is 1.29 bits per heavy atom. The van der Waals surface area contributed by atoms with Crippen LogP contribution in [0.2, 0.25) is 0 Å². The maximum Gasteiger partial charge on any atom is 0.254 e. The van der Waals surface area contributed by atoms with Crippen LogP contribution in [0.15, 0.2) is 24.5 Å². The van der Waals surface area contributed by atoms with Gasteiger partial charge in [0.2, 0.25) is 5.91 Å². The van der Waals surface area contributed by atoms with Crippen molar-refractivity contribution in [3.63, 3.8) is 0 Å². The van der Waals surface area contributed by atoms with Crippen LogP contribution in [-0.2, 0) is 14.3 Å². The van der Waals surface area contributed by atoms with Gasteiger partial charge in [-0.15, -0.1) is 0 Å². The molecule has 1 aromatic rings. The molecule has 0 bridgehead atoms. The number of amides is 2. The number of ether oxygens (including phenoxy) is 1. The van der Waals surface area contributed by atoms with E-state index in [-0.39, 0.29) is 18.4 Å². The van der Waals surface area contributed by atoms with Gasteiger partial charge >= 0.3 is 0 Å². The summed E-state index contributed by atoms with van der Waals surface area (Å²) in [4.78, 5) is 32.8. The molecule has 0 radical (unpaired) electrons. The Bertz CT molecular complexity index is 632. The number of rotatable bonds is 3. The number of morpholine rings is 1. The van der Waals surface area contributed by atoms with E-state index in [0.717, 1.165) is 31.0 Å². The summed E-state index contributed by atoms with van der Waals surface area (Å²) in [7, 11) is 1.74. The fourth-order valence-electron chi connectivity index (χ4n) is 3.99. The van der Waals surface area contributed by atoms with Crippen LogP contribution in [0.4, 0.5) is 0 Å². The van der Waals surface area contributed by atoms with Crippen LogP contribution >= 0.6 is 0 Å². The molecule has 6 heteroatoms. The van der Waals surface area contributed by atoms with E-state index in [1.165, 1.54) is 12.8 Å². The molecule has 1 unspecified atom stereocenters. The SMILES string of the molecule is CN1C(=O)CO[C@H](C(=O)N2CCC(C3CC3)C2)[C@H]1c1cccnc1. The molecule has 0 spiro atoms. The van der Waals surface area contributed by atoms with Crippen molar-refractivity contribution in [2.24, 2.45) is 11.8 Å². The van der Waals surface area contributed by atoms with Gasteiger partial charge in [-0.2, -0.15) is 0 Å². The van der Waals surface area contributed by atoms with Gasteiger partial charge in [0, 0.05) is 32.5 Å². The van der Waals surface area contributed by atoms with Crippen LogP contribution in [0.1, 0.15) is 30.9 Å². The van der Waals surface area contributed by atoms with E-state index in [0.29, 0.717) is 5.92 Å². The summed E-state index contributed by atoms with van der Waals surface area (Å²) in [5, 5.41) is 0. The normalized spacial score (nSPS) is 30.7. The zero-order valence-corrected chi connectivity index (χ0v) is 13.9. The zero-order valence-electron chi connectivity index (χ0n) is 13.9. The molecule has 1 aromatic heterocycles. The minimum Gasteiger partial charge on any atom is -0.356 e. The summed E-state index contributed by atoms with van der Waals surface area (Å²) < 4.78 is 5.70. The molecular formula is C18H23N3O3. The van der Waals surface area contributed by atoms with Crippen molar-refractivity contribution >= 4 is 11.8 Å². The lowest BCUT2D eigenvalue weighted by Crippen LogP contribution is -2.53. The Hall–Kier alpha value is -1.95. The van der Waals surface area contributed by atoms with Crippen LogP contribution < -0.4 is 0 Å². The second-order valence-corrected chi connectivity index (χ2v) is 7.14. The van der Waals surface area contributed by atoms with Crippen LogP contribution in [-0.4, -0.2) is 59.4 Å². The average Bonchev–Trinajstić information content (AvgIpc) is 3.34. The number of likely N-dealkylation sites (N-methyl/N-ethyl adjacent to an activating group) is 1. The molecule has 24 heavy (non-hydrogen) atoms. The summed E-state index contributed by atoms with van der Waals surface area (Å²) in [5.41, 5.74) is 0.837. The predicted octanol–water partition coefficient (Wildman–Crippen LogP) is 1.24. The number of carbonyl (C=O) groups excluding carboxylic acids is 2. The van der Waals surface area contributed by atoms with Crippen molar-refractivity contribution in [1.82, 2.24) is 14.8 Å². The number of carbonyl (C=O) groups is 2. The third-order valence-corrected chi connectivity index (χ3v) is 5.58. The third-order valence-electron chi connectivity index (χ3n) is 5.58. The minimum atomic E-state index is -0.644. The van der Waals surface area contributed by atoms with Crippen LogP contribution in [0.3, 0.4) is 0 Å². The molecule has 0 N–H and O–H groups in total. The molecule has 2 aliphatic heterocycles. The molecule has 1 aliphatic carbocycles. The largest absolute Gasteiger partial charge is 0.356 e. The molecular weight excluding hydrogens is 306 g/mol. The number of likely N-dealkylation sites (tertiary alicyclic amines) is 1. The van der Waals surface area contributed by atoms with E-state index < -0.39 is 12.1 Å². The topological polar surface area (TPSA) is 62.7 Å². The fraction of sp³-hybridized carbons (Fsp3) is 0.611. The summed E-state index contributed by atoms with van der Waals surface area (Å²) in [6, 6.07) is 3.31. The summed E-state index contributed by atoms with van der Waals surface area (Å²) in [5.74, 6) is 1.36. The second-order valence-electron chi connectivity index (χ2n) is 7.14. The van der Waals surface area contributed by atoms with Gasteiger partial charge in [-0.25, -0.2) is 0 Å². The van der Waals surface area contributed by atoms with Gasteiger partial charge in [-0.1, -0.05) is 6.07 Å². The first kappa shape index (κ1) is 15.6. The van der Waals surface area contributed by atoms with E-state index in [1.807, 2.05) is 17.0 Å². The summed E-state index contributed by atoms with van der Waals surface area (Å²) in [6.07, 6.45) is 6.46. The van der Waals surface area contributed by atoms with E-state index >= 15 is 0 Å². The Labute approximate surface area is 141 Å². The first-order valence-electron chi connectivity index (χ1n) is 8.71. The van der Waals surface area contributed by atoms with Gasteiger partial charge in [0.05, 0.1) is 6.04 Å². The van der Waals surface area contributed by atoms with Gasteiger partial charge in [0.25, 0.3) is 5.91 Å². The molecule has 6 nitrogen and oxygen atoms in total. The molecule has 0 aromatic carbocycles. The Morgan fingerprint density at radius 2 is 2.12 bits per heavy atom. The van der Waals surface area contributed by atoms with Crippen molar-refractivity contribution in [2.75, 3.05) is 26.7 Å². The molecule has 4 rings (SSSR count). The van der Waals surface area contributed by atoms with E-state index in [4.69, 9.17) is 4.74 Å². The van der Waals surface area contributed by atoms with Crippen LogP contribution in [0.25, 0.3) is 0 Å². The molecule has 1 saturated carbocycles. The fourth-order valence-corrected chi connectivity index (χ4v) is 3.99. The molecule has 3 atom stereocenters. The molecule has 3 aliphatic rings. The smallest absolute Gasteiger partial charge is 0.254 e. The van der Waals surface area contributed by atoms with Crippen LogP contribution in [0.5, 0.6) is 0 Å². The number of hydrogen-bond acceptors (Lipinski definition) is 4. The lowest BCUT2D eigenvalue weighted by atomic mass is 9.98. The van der Waals surface area contributed by atoms with Crippen molar-refractivity contribution in [1.29, 1.82) is 0 Å². The average molecular weight is 329 g/mol. The second kappa shape index (κ2) is 6.16. The molecule has 2 saturated heterocycles. The molecule has 128 valence electrons. The van der Waals surface area contributed by atoms with Crippen molar-refractivity contribution in [3.8, 4) is 0 Å². The standard InChI is InChI=1S/C18H23N3O3/c1-20-15(22)11-24-17(16(20)13-3-2-7-19-9-13)18(23)21-8-6-14(10-21)12-4-5-12/h2-3,7,9,12,14,16-17H,4-6,8,10-11H2,1H3/t14?,16-,17+/m1/s1. The third kappa shape index (κ3) is 2.79. The van der Waals surface area contributed by atoms with E-state index in [9.17, 15) is 9.59 Å². The van der Waals surface area contributed by atoms with Gasteiger partial charge in [0.15, 0.2) is 6.10 Å². The monoisotopic (exact) mass is 329 g/mol. The molecule has 2 amide bonds. The highest BCUT2D eigenvalue weighted by Crippen LogP contribution is 2.41. The van der Waals surface area contributed by atoms with Gasteiger partial charge in [-0.3, -0.25) is 14.6 Å². The van der Waals surface area contributed by atoms with Gasteiger partial charge in [-0.05, 0) is 42.7 Å². The van der Waals surface area contributed by atoms with Crippen molar-refractivity contribution in [3.05, 3.63) is 30.1 Å².